The van der Waals surface area contributed by atoms with Crippen molar-refractivity contribution in [3.63, 3.8) is 0 Å². The molecule has 31 heavy (non-hydrogen) atoms. The van der Waals surface area contributed by atoms with Gasteiger partial charge in [0.05, 0.1) is 0 Å². The van der Waals surface area contributed by atoms with Crippen LogP contribution in [0.3, 0.4) is 0 Å². The largest absolute Gasteiger partial charge is 0.300 e. The zero-order chi connectivity index (χ0) is 20.6. The summed E-state index contributed by atoms with van der Waals surface area (Å²) in [5.41, 5.74) is 1.52. The molecule has 160 valence electrons. The molecule has 2 aromatic rings. The van der Waals surface area contributed by atoms with E-state index in [9.17, 15) is 0 Å². The second kappa shape index (κ2) is 13.2. The molecule has 0 amide bonds. The molecule has 3 fully saturated rings. The standard InChI is InChI=1S/C23H25NP.C5H5.Fe/c1-19(24-17-8-9-18-24)22-15-10-16-23(22)25(20-11-4-2-5-12-20)21-13-6-3-7-14-21;1-2-4-5-3-1;/h2-7,10-16,19H,8-9,17-18H2,1H3;1-5H;/t19-;;/m1../s1. The second-order valence-electron chi connectivity index (χ2n) is 7.75. The maximum Gasteiger partial charge on any atom is 0.0211 e. The van der Waals surface area contributed by atoms with Crippen molar-refractivity contribution < 1.29 is 17.1 Å². The molecule has 2 saturated carbocycles. The maximum absolute atomic E-state index is 2.64. The SMILES string of the molecule is C[C@H]([C]1[CH][CH][CH][C]1P(c1ccccc1)c1ccccc1)N1CCCC1.[CH]1[CH][CH][CH][CH]1.[Fe]. The maximum atomic E-state index is 2.64. The zero-order valence-corrected chi connectivity index (χ0v) is 20.0. The minimum absolute atomic E-state index is 0. The summed E-state index contributed by atoms with van der Waals surface area (Å²) in [6.45, 7) is 4.86. The Labute approximate surface area is 202 Å². The molecule has 0 aromatic heterocycles. The summed E-state index contributed by atoms with van der Waals surface area (Å²) < 4.78 is 0. The van der Waals surface area contributed by atoms with E-state index in [1.807, 2.05) is 32.1 Å². The van der Waals surface area contributed by atoms with Crippen LogP contribution in [-0.2, 0) is 17.1 Å². The molecule has 1 nitrogen and oxygen atoms in total. The van der Waals surface area contributed by atoms with Crippen LogP contribution in [0.15, 0.2) is 60.7 Å². The van der Waals surface area contributed by atoms with E-state index in [4.69, 9.17) is 0 Å². The van der Waals surface area contributed by atoms with Crippen LogP contribution in [0.5, 0.6) is 0 Å². The molecule has 0 bridgehead atoms. The molecular weight excluding hydrogens is 437 g/mol. The summed E-state index contributed by atoms with van der Waals surface area (Å²) in [4.78, 5) is 2.64. The number of benzene rings is 2. The molecular formula is C28H30FeNP. The molecule has 3 heteroatoms. The van der Waals surface area contributed by atoms with Gasteiger partial charge in [0.15, 0.2) is 0 Å². The first-order chi connectivity index (χ1) is 14.8. The van der Waals surface area contributed by atoms with E-state index in [1.165, 1.54) is 48.1 Å². The molecule has 3 aliphatic rings. The van der Waals surface area contributed by atoms with Crippen molar-refractivity contribution in [1.29, 1.82) is 0 Å². The van der Waals surface area contributed by atoms with Gasteiger partial charge in [0.25, 0.3) is 0 Å². The Balaban J connectivity index is 0.000000401. The van der Waals surface area contributed by atoms with Crippen LogP contribution in [0.2, 0.25) is 0 Å². The molecule has 10 radical (unpaired) electrons. The van der Waals surface area contributed by atoms with Crippen molar-refractivity contribution in [2.24, 2.45) is 0 Å². The Bertz CT molecular complexity index is 680. The second-order valence-corrected chi connectivity index (χ2v) is 9.94. The Hall–Kier alpha value is -0.651. The third-order valence-electron chi connectivity index (χ3n) is 5.79. The third-order valence-corrected chi connectivity index (χ3v) is 8.31. The van der Waals surface area contributed by atoms with Crippen molar-refractivity contribution in [2.75, 3.05) is 13.1 Å². The first kappa shape index (κ1) is 25.0. The minimum Gasteiger partial charge on any atom is -0.300 e. The van der Waals surface area contributed by atoms with Crippen LogP contribution >= 0.6 is 7.92 Å². The Morgan fingerprint density at radius 3 is 1.65 bits per heavy atom. The van der Waals surface area contributed by atoms with E-state index < -0.39 is 7.92 Å². The van der Waals surface area contributed by atoms with E-state index in [0.717, 1.165) is 0 Å². The normalized spacial score (nSPS) is 21.0. The monoisotopic (exact) mass is 467 g/mol. The van der Waals surface area contributed by atoms with Gasteiger partial charge in [-0.3, -0.25) is 0 Å². The molecule has 2 aromatic carbocycles. The van der Waals surface area contributed by atoms with Gasteiger partial charge in [-0.05, 0) is 103 Å². The van der Waals surface area contributed by atoms with Crippen LogP contribution < -0.4 is 10.6 Å². The summed E-state index contributed by atoms with van der Waals surface area (Å²) in [6, 6.07) is 22.5. The Morgan fingerprint density at radius 1 is 0.677 bits per heavy atom. The topological polar surface area (TPSA) is 3.24 Å². The van der Waals surface area contributed by atoms with Crippen molar-refractivity contribution >= 4 is 18.5 Å². The van der Waals surface area contributed by atoms with Crippen LogP contribution in [0, 0.1) is 62.9 Å². The average Bonchev–Trinajstić information content (AvgIpc) is 3.60. The van der Waals surface area contributed by atoms with Crippen LogP contribution in [0.1, 0.15) is 19.8 Å². The van der Waals surface area contributed by atoms with Crippen LogP contribution in [0.25, 0.3) is 0 Å². The van der Waals surface area contributed by atoms with Gasteiger partial charge >= 0.3 is 0 Å². The molecule has 1 heterocycles. The van der Waals surface area contributed by atoms with E-state index in [0.29, 0.717) is 6.04 Å². The van der Waals surface area contributed by atoms with Crippen molar-refractivity contribution in [2.45, 2.75) is 25.8 Å². The van der Waals surface area contributed by atoms with Gasteiger partial charge in [-0.25, -0.2) is 0 Å². The first-order valence-corrected chi connectivity index (χ1v) is 12.3. The molecule has 0 spiro atoms. The van der Waals surface area contributed by atoms with Gasteiger partial charge in [0, 0.05) is 34.7 Å². The summed E-state index contributed by atoms with van der Waals surface area (Å²) in [5.74, 6) is 1.51. The van der Waals surface area contributed by atoms with E-state index in [1.54, 1.807) is 0 Å². The van der Waals surface area contributed by atoms with Crippen molar-refractivity contribution in [3.05, 3.63) is 124 Å². The van der Waals surface area contributed by atoms with Gasteiger partial charge in [-0.15, -0.1) is 0 Å². The quantitative estimate of drug-likeness (QED) is 0.423. The van der Waals surface area contributed by atoms with Crippen LogP contribution in [-0.4, -0.2) is 24.0 Å². The van der Waals surface area contributed by atoms with Gasteiger partial charge in [0.2, 0.25) is 0 Å². The summed E-state index contributed by atoms with van der Waals surface area (Å²) in [6.07, 6.45) is 19.6. The smallest absolute Gasteiger partial charge is 0.0211 e. The number of hydrogen-bond donors (Lipinski definition) is 0. The number of nitrogens with zero attached hydrogens (tertiary/aromatic N) is 1. The molecule has 1 aliphatic heterocycles. The molecule has 2 aliphatic carbocycles. The van der Waals surface area contributed by atoms with Crippen molar-refractivity contribution in [1.82, 2.24) is 4.90 Å². The fourth-order valence-electron chi connectivity index (χ4n) is 4.21. The zero-order valence-electron chi connectivity index (χ0n) is 18.0. The van der Waals surface area contributed by atoms with Gasteiger partial charge in [-0.1, -0.05) is 60.7 Å². The fraction of sp³-hybridized carbons (Fsp3) is 0.214. The molecule has 0 unspecified atom stereocenters. The molecule has 1 saturated heterocycles. The summed E-state index contributed by atoms with van der Waals surface area (Å²) in [7, 11) is -0.503. The minimum atomic E-state index is -0.503. The Morgan fingerprint density at radius 2 is 1.16 bits per heavy atom. The number of rotatable bonds is 5. The predicted octanol–water partition coefficient (Wildman–Crippen LogP) is 5.36. The molecule has 1 atom stereocenters. The summed E-state index contributed by atoms with van der Waals surface area (Å²) in [5, 5.41) is 2.87. The van der Waals surface area contributed by atoms with E-state index in [-0.39, 0.29) is 17.1 Å². The molecule has 0 N–H and O–H groups in total. The van der Waals surface area contributed by atoms with Crippen LogP contribution in [0.4, 0.5) is 0 Å². The number of likely N-dealkylation sites (tertiary alicyclic amines) is 1. The predicted molar refractivity (Wildman–Crippen MR) is 130 cm³/mol. The van der Waals surface area contributed by atoms with Gasteiger partial charge in [-0.2, -0.15) is 0 Å². The summed E-state index contributed by atoms with van der Waals surface area (Å²) >= 11 is 0. The number of hydrogen-bond acceptors (Lipinski definition) is 1. The molecule has 5 rings (SSSR count). The van der Waals surface area contributed by atoms with Crippen molar-refractivity contribution in [3.8, 4) is 0 Å². The Kier molecular flexibility index (Phi) is 10.6. The van der Waals surface area contributed by atoms with Gasteiger partial charge in [0.1, 0.15) is 0 Å². The fourth-order valence-corrected chi connectivity index (χ4v) is 6.76. The van der Waals surface area contributed by atoms with E-state index in [2.05, 4.69) is 91.7 Å². The van der Waals surface area contributed by atoms with Gasteiger partial charge < -0.3 is 4.90 Å². The first-order valence-electron chi connectivity index (χ1n) is 10.9. The average molecular weight is 467 g/mol. The van der Waals surface area contributed by atoms with E-state index >= 15 is 0 Å². The third kappa shape index (κ3) is 6.67.